The van der Waals surface area contributed by atoms with E-state index >= 15 is 0 Å². The summed E-state index contributed by atoms with van der Waals surface area (Å²) in [5, 5.41) is 1.94. The summed E-state index contributed by atoms with van der Waals surface area (Å²) >= 11 is 0. The third kappa shape index (κ3) is 6.32. The molecule has 5 heterocycles. The summed E-state index contributed by atoms with van der Waals surface area (Å²) in [6.07, 6.45) is 12.4. The topological polar surface area (TPSA) is 72.1 Å². The van der Waals surface area contributed by atoms with E-state index in [0.717, 1.165) is 89.4 Å². The Kier molecular flexibility index (Phi) is 8.48. The molecule has 5 heteroatoms. The van der Waals surface area contributed by atoms with Crippen LogP contribution in [0.15, 0.2) is 216 Å². The summed E-state index contributed by atoms with van der Waals surface area (Å²) < 4.78 is 0. The van der Waals surface area contributed by atoms with Gasteiger partial charge >= 0.3 is 0 Å². The summed E-state index contributed by atoms with van der Waals surface area (Å²) in [6.45, 7) is 0. The van der Waals surface area contributed by atoms with Crippen LogP contribution in [-0.2, 0) is 0 Å². The van der Waals surface area contributed by atoms with Crippen LogP contribution in [0.2, 0.25) is 0 Å². The van der Waals surface area contributed by atoms with E-state index in [9.17, 15) is 0 Å². The zero-order valence-corrected chi connectivity index (χ0v) is 28.9. The summed E-state index contributed by atoms with van der Waals surface area (Å²) in [7, 11) is 0. The molecule has 3 N–H and O–H groups in total. The summed E-state index contributed by atoms with van der Waals surface area (Å²) in [4.78, 5) is 21.2. The van der Waals surface area contributed by atoms with Gasteiger partial charge in [0.1, 0.15) is 0 Å². The smallest absolute Gasteiger partial charge is 0.0737 e. The average Bonchev–Trinajstić information content (AvgIpc) is 4.07. The molecule has 0 aliphatic carbocycles. The van der Waals surface area contributed by atoms with Crippen molar-refractivity contribution in [2.24, 2.45) is 9.98 Å². The minimum Gasteiger partial charge on any atom is -0.361 e. The number of rotatable bonds is 8. The lowest BCUT2D eigenvalue weighted by Crippen LogP contribution is -2.21. The number of allylic oxidation sites excluding steroid dienone is 4. The molecule has 2 aliphatic heterocycles. The quantitative estimate of drug-likeness (QED) is 0.143. The fourth-order valence-corrected chi connectivity index (χ4v) is 7.12. The van der Waals surface area contributed by atoms with Crippen molar-refractivity contribution in [3.63, 3.8) is 0 Å². The summed E-state index contributed by atoms with van der Waals surface area (Å²) in [5.41, 5.74) is 14.2. The number of benzene rings is 4. The van der Waals surface area contributed by atoms with Gasteiger partial charge in [-0.25, -0.2) is 9.98 Å². The van der Waals surface area contributed by atoms with E-state index in [1.807, 2.05) is 48.8 Å². The Bertz CT molecular complexity index is 2510. The van der Waals surface area contributed by atoms with Gasteiger partial charge in [0.05, 0.1) is 22.8 Å². The van der Waals surface area contributed by atoms with E-state index < -0.39 is 0 Å². The zero-order valence-electron chi connectivity index (χ0n) is 28.9. The Morgan fingerprint density at radius 3 is 1.04 bits per heavy atom. The summed E-state index contributed by atoms with van der Waals surface area (Å²) in [6, 6.07) is 54.4. The first kappa shape index (κ1) is 31.7. The van der Waals surface area contributed by atoms with Gasteiger partial charge in [0, 0.05) is 56.8 Å². The van der Waals surface area contributed by atoms with Crippen LogP contribution in [0, 0.1) is 0 Å². The molecule has 0 spiro atoms. The van der Waals surface area contributed by atoms with Crippen LogP contribution in [0.5, 0.6) is 0 Å². The number of aliphatic imine (C=N–C) groups is 2. The molecule has 53 heavy (non-hydrogen) atoms. The predicted octanol–water partition coefficient (Wildman–Crippen LogP) is 9.01. The third-order valence-electron chi connectivity index (χ3n) is 9.51. The van der Waals surface area contributed by atoms with Crippen LogP contribution in [-0.4, -0.2) is 26.4 Å². The molecule has 9 rings (SSSR count). The molecule has 0 saturated carbocycles. The first-order chi connectivity index (χ1) is 26.3. The van der Waals surface area contributed by atoms with Gasteiger partial charge < -0.3 is 15.0 Å². The second kappa shape index (κ2) is 14.2. The lowest BCUT2D eigenvalue weighted by atomic mass is 10.0. The molecular weight excluding hydrogens is 647 g/mol. The Labute approximate surface area is 307 Å². The highest BCUT2D eigenvalue weighted by Crippen LogP contribution is 2.32. The van der Waals surface area contributed by atoms with Gasteiger partial charge in [-0.2, -0.15) is 0 Å². The van der Waals surface area contributed by atoms with Crippen molar-refractivity contribution < 1.29 is 0 Å². The standard InChI is InChI=1S/C48H35N5/c1-5-15-33(16-6-1)45(37-23-13-31-49-37)39-25-27-41(51-39)47(35-19-9-3-10-20-35)43-29-30-44(53-43)48(36-21-11-4-12-22-36)42-28-26-40(52-42)46(38-24-14-32-50-38)34-17-7-2-8-18-34/h1-32,49-50,53H/b45-39-,46-40+,47-43-,48-44-. The number of nitrogens with zero attached hydrogens (tertiary/aromatic N) is 2. The molecule has 0 amide bonds. The van der Waals surface area contributed by atoms with Crippen molar-refractivity contribution in [1.82, 2.24) is 15.0 Å². The molecular formula is C48H35N5. The van der Waals surface area contributed by atoms with Crippen LogP contribution >= 0.6 is 0 Å². The van der Waals surface area contributed by atoms with Crippen molar-refractivity contribution in [3.8, 4) is 0 Å². The van der Waals surface area contributed by atoms with Crippen molar-refractivity contribution in [3.05, 3.63) is 250 Å². The molecule has 0 unspecified atom stereocenters. The van der Waals surface area contributed by atoms with Crippen molar-refractivity contribution >= 4 is 33.7 Å². The molecule has 0 atom stereocenters. The number of aromatic nitrogens is 3. The molecule has 0 fully saturated rings. The first-order valence-corrected chi connectivity index (χ1v) is 17.8. The van der Waals surface area contributed by atoms with Gasteiger partial charge in [0.15, 0.2) is 0 Å². The molecule has 7 aromatic rings. The fraction of sp³-hybridized carbons (Fsp3) is 0. The minimum absolute atomic E-state index is 0.891. The number of nitrogens with one attached hydrogen (secondary N) is 3. The maximum Gasteiger partial charge on any atom is 0.0737 e. The fourth-order valence-electron chi connectivity index (χ4n) is 7.12. The normalized spacial score (nSPS) is 16.7. The lowest BCUT2D eigenvalue weighted by molar-refractivity contribution is 1.25. The molecule has 0 saturated heterocycles. The van der Waals surface area contributed by atoms with E-state index in [1.165, 1.54) is 0 Å². The molecule has 0 radical (unpaired) electrons. The molecule has 252 valence electrons. The van der Waals surface area contributed by atoms with E-state index in [0.29, 0.717) is 0 Å². The van der Waals surface area contributed by atoms with E-state index in [4.69, 9.17) is 9.98 Å². The third-order valence-corrected chi connectivity index (χ3v) is 9.51. The molecule has 4 aromatic carbocycles. The zero-order chi connectivity index (χ0) is 35.4. The van der Waals surface area contributed by atoms with Gasteiger partial charge in [-0.15, -0.1) is 0 Å². The lowest BCUT2D eigenvalue weighted by Gasteiger charge is -2.09. The van der Waals surface area contributed by atoms with Gasteiger partial charge in [-0.05, 0) is 83.0 Å². The SMILES string of the molecule is C1=C/C(=C(\c2ccccc2)c2ccc[nH]2)N=C1/C(c1ccccc1)=c1/cc/c(=C(C2=N/C(=C(\c3ccccc3)c3ccc[nH]3)C=C2)\c2ccccc2)[nH]1. The average molecular weight is 682 g/mol. The monoisotopic (exact) mass is 681 g/mol. The van der Waals surface area contributed by atoms with Crippen molar-refractivity contribution in [1.29, 1.82) is 0 Å². The maximum absolute atomic E-state index is 5.30. The molecule has 3 aromatic heterocycles. The molecule has 0 bridgehead atoms. The minimum atomic E-state index is 0.891. The van der Waals surface area contributed by atoms with Gasteiger partial charge in [-0.3, -0.25) is 0 Å². The second-order valence-electron chi connectivity index (χ2n) is 12.8. The molecule has 2 aliphatic rings. The second-order valence-corrected chi connectivity index (χ2v) is 12.8. The van der Waals surface area contributed by atoms with E-state index in [1.54, 1.807) is 0 Å². The number of aromatic amines is 3. The highest BCUT2D eigenvalue weighted by molar-refractivity contribution is 6.31. The van der Waals surface area contributed by atoms with Crippen molar-refractivity contribution in [2.75, 3.05) is 0 Å². The van der Waals surface area contributed by atoms with Crippen LogP contribution in [0.4, 0.5) is 0 Å². The Hall–Kier alpha value is -7.24. The van der Waals surface area contributed by atoms with Crippen molar-refractivity contribution in [2.45, 2.75) is 0 Å². The number of H-pyrrole nitrogens is 3. The van der Waals surface area contributed by atoms with Crippen LogP contribution in [0.3, 0.4) is 0 Å². The Morgan fingerprint density at radius 1 is 0.340 bits per heavy atom. The largest absolute Gasteiger partial charge is 0.361 e. The van der Waals surface area contributed by atoms with Gasteiger partial charge in [0.25, 0.3) is 0 Å². The predicted molar refractivity (Wildman–Crippen MR) is 218 cm³/mol. The van der Waals surface area contributed by atoms with Crippen LogP contribution in [0.25, 0.3) is 22.3 Å². The van der Waals surface area contributed by atoms with Crippen LogP contribution < -0.4 is 10.7 Å². The van der Waals surface area contributed by atoms with Gasteiger partial charge in [-0.1, -0.05) is 121 Å². The summed E-state index contributed by atoms with van der Waals surface area (Å²) in [5.74, 6) is 0. The highest BCUT2D eigenvalue weighted by Gasteiger charge is 2.21. The van der Waals surface area contributed by atoms with E-state index in [2.05, 4.69) is 161 Å². The Balaban J connectivity index is 1.25. The number of hydrogen-bond acceptors (Lipinski definition) is 2. The van der Waals surface area contributed by atoms with Crippen LogP contribution in [0.1, 0.15) is 33.6 Å². The first-order valence-electron chi connectivity index (χ1n) is 17.8. The number of hydrogen-bond donors (Lipinski definition) is 3. The maximum atomic E-state index is 5.30. The highest BCUT2D eigenvalue weighted by atomic mass is 14.8. The molecule has 5 nitrogen and oxygen atoms in total. The van der Waals surface area contributed by atoms with E-state index in [-0.39, 0.29) is 0 Å². The Morgan fingerprint density at radius 2 is 0.698 bits per heavy atom. The van der Waals surface area contributed by atoms with Gasteiger partial charge in [0.2, 0.25) is 0 Å².